The first-order valence-corrected chi connectivity index (χ1v) is 4.20. The standard InChI is InChI=1S/C10H12N2O/c1-7-5-9-8(6-13-11)3-2-4-10(9)12-7/h2-5,12H,6,11H2,1H3. The minimum Gasteiger partial charge on any atom is -0.359 e. The van der Waals surface area contributed by atoms with E-state index in [0.717, 1.165) is 16.8 Å². The lowest BCUT2D eigenvalue weighted by Gasteiger charge is -1.99. The maximum Gasteiger partial charge on any atom is 0.0936 e. The Labute approximate surface area is 76.5 Å². The Morgan fingerprint density at radius 1 is 1.46 bits per heavy atom. The zero-order valence-corrected chi connectivity index (χ0v) is 7.50. The Morgan fingerprint density at radius 2 is 2.31 bits per heavy atom. The second-order valence-electron chi connectivity index (χ2n) is 3.14. The number of nitrogens with two attached hydrogens (primary N) is 1. The zero-order valence-electron chi connectivity index (χ0n) is 7.50. The van der Waals surface area contributed by atoms with Gasteiger partial charge in [-0.25, -0.2) is 5.90 Å². The van der Waals surface area contributed by atoms with Crippen LogP contribution in [0.5, 0.6) is 0 Å². The summed E-state index contributed by atoms with van der Waals surface area (Å²) in [5.74, 6) is 5.05. The lowest BCUT2D eigenvalue weighted by molar-refractivity contribution is 0.125. The second kappa shape index (κ2) is 3.20. The third kappa shape index (κ3) is 1.43. The molecule has 0 bridgehead atoms. The molecule has 1 heterocycles. The van der Waals surface area contributed by atoms with Gasteiger partial charge in [0.2, 0.25) is 0 Å². The van der Waals surface area contributed by atoms with Gasteiger partial charge in [0.25, 0.3) is 0 Å². The maximum absolute atomic E-state index is 5.05. The van der Waals surface area contributed by atoms with Crippen molar-refractivity contribution in [2.75, 3.05) is 0 Å². The second-order valence-corrected chi connectivity index (χ2v) is 3.14. The van der Waals surface area contributed by atoms with Crippen LogP contribution in [0.3, 0.4) is 0 Å². The van der Waals surface area contributed by atoms with Crippen LogP contribution in [-0.2, 0) is 11.4 Å². The summed E-state index contributed by atoms with van der Waals surface area (Å²) in [5, 5.41) is 1.19. The Bertz CT molecular complexity index is 420. The van der Waals surface area contributed by atoms with Gasteiger partial charge in [0.05, 0.1) is 6.61 Å². The first-order valence-electron chi connectivity index (χ1n) is 4.20. The van der Waals surface area contributed by atoms with Crippen molar-refractivity contribution in [1.82, 2.24) is 4.98 Å². The normalized spacial score (nSPS) is 10.9. The molecule has 13 heavy (non-hydrogen) atoms. The minimum atomic E-state index is 0.453. The molecule has 0 aliphatic heterocycles. The molecule has 0 saturated carbocycles. The van der Waals surface area contributed by atoms with E-state index in [4.69, 9.17) is 5.90 Å². The van der Waals surface area contributed by atoms with Crippen LogP contribution in [0.4, 0.5) is 0 Å². The summed E-state index contributed by atoms with van der Waals surface area (Å²) in [7, 11) is 0. The molecule has 3 N–H and O–H groups in total. The lowest BCUT2D eigenvalue weighted by Crippen LogP contribution is -1.98. The Balaban J connectivity index is 2.60. The molecule has 0 radical (unpaired) electrons. The fourth-order valence-corrected chi connectivity index (χ4v) is 1.57. The van der Waals surface area contributed by atoms with E-state index in [-0.39, 0.29) is 0 Å². The predicted octanol–water partition coefficient (Wildman–Crippen LogP) is 1.87. The molecule has 0 unspecified atom stereocenters. The number of benzene rings is 1. The molecule has 0 fully saturated rings. The maximum atomic E-state index is 5.05. The lowest BCUT2D eigenvalue weighted by atomic mass is 10.1. The molecule has 0 spiro atoms. The minimum absolute atomic E-state index is 0.453. The molecule has 3 nitrogen and oxygen atoms in total. The van der Waals surface area contributed by atoms with Crippen molar-refractivity contribution in [3.8, 4) is 0 Å². The first-order chi connectivity index (χ1) is 6.31. The van der Waals surface area contributed by atoms with Crippen molar-refractivity contribution in [2.45, 2.75) is 13.5 Å². The van der Waals surface area contributed by atoms with Crippen LogP contribution in [0.15, 0.2) is 24.3 Å². The number of hydrogen-bond acceptors (Lipinski definition) is 2. The summed E-state index contributed by atoms with van der Waals surface area (Å²) in [6, 6.07) is 8.15. The largest absolute Gasteiger partial charge is 0.359 e. The van der Waals surface area contributed by atoms with Crippen molar-refractivity contribution in [1.29, 1.82) is 0 Å². The number of nitrogens with one attached hydrogen (secondary N) is 1. The SMILES string of the molecule is Cc1cc2c(CON)cccc2[nH]1. The molecule has 1 aromatic heterocycles. The van der Waals surface area contributed by atoms with E-state index < -0.39 is 0 Å². The Hall–Kier alpha value is -1.32. The van der Waals surface area contributed by atoms with Gasteiger partial charge in [-0.05, 0) is 24.6 Å². The van der Waals surface area contributed by atoms with Crippen LogP contribution in [-0.4, -0.2) is 4.98 Å². The van der Waals surface area contributed by atoms with Crippen LogP contribution < -0.4 is 5.90 Å². The fourth-order valence-electron chi connectivity index (χ4n) is 1.57. The van der Waals surface area contributed by atoms with Crippen LogP contribution in [0.1, 0.15) is 11.3 Å². The van der Waals surface area contributed by atoms with Crippen LogP contribution in [0.25, 0.3) is 10.9 Å². The number of aromatic nitrogens is 1. The van der Waals surface area contributed by atoms with E-state index in [9.17, 15) is 0 Å². The fraction of sp³-hybridized carbons (Fsp3) is 0.200. The van der Waals surface area contributed by atoms with Crippen molar-refractivity contribution >= 4 is 10.9 Å². The van der Waals surface area contributed by atoms with E-state index in [0.29, 0.717) is 6.61 Å². The van der Waals surface area contributed by atoms with Gasteiger partial charge < -0.3 is 4.98 Å². The molecule has 0 amide bonds. The molecule has 0 atom stereocenters. The van der Waals surface area contributed by atoms with Gasteiger partial charge in [0, 0.05) is 16.6 Å². The predicted molar refractivity (Wildman–Crippen MR) is 52.0 cm³/mol. The average molecular weight is 176 g/mol. The third-order valence-electron chi connectivity index (χ3n) is 2.13. The van der Waals surface area contributed by atoms with E-state index in [1.165, 1.54) is 5.39 Å². The Kier molecular flexibility index (Phi) is 2.04. The molecule has 2 aromatic rings. The van der Waals surface area contributed by atoms with Gasteiger partial charge in [-0.2, -0.15) is 0 Å². The molecular formula is C10H12N2O. The first kappa shape index (κ1) is 8.29. The third-order valence-corrected chi connectivity index (χ3v) is 2.13. The van der Waals surface area contributed by atoms with E-state index >= 15 is 0 Å². The average Bonchev–Trinajstić information content (AvgIpc) is 2.47. The van der Waals surface area contributed by atoms with Gasteiger partial charge in [0.15, 0.2) is 0 Å². The summed E-state index contributed by atoms with van der Waals surface area (Å²) < 4.78 is 0. The summed E-state index contributed by atoms with van der Waals surface area (Å²) in [5.41, 5.74) is 3.40. The summed E-state index contributed by atoms with van der Waals surface area (Å²) in [6.45, 7) is 2.49. The van der Waals surface area contributed by atoms with Crippen molar-refractivity contribution < 1.29 is 4.84 Å². The number of rotatable bonds is 2. The molecular weight excluding hydrogens is 164 g/mol. The van der Waals surface area contributed by atoms with Crippen LogP contribution in [0.2, 0.25) is 0 Å². The number of hydrogen-bond donors (Lipinski definition) is 2. The quantitative estimate of drug-likeness (QED) is 0.686. The highest BCUT2D eigenvalue weighted by Gasteiger charge is 2.02. The summed E-state index contributed by atoms with van der Waals surface area (Å²) in [4.78, 5) is 7.89. The van der Waals surface area contributed by atoms with E-state index in [1.807, 2.05) is 25.1 Å². The topological polar surface area (TPSA) is 51.0 Å². The van der Waals surface area contributed by atoms with Crippen molar-refractivity contribution in [3.05, 3.63) is 35.5 Å². The molecule has 3 heteroatoms. The molecule has 0 aliphatic carbocycles. The summed E-state index contributed by atoms with van der Waals surface area (Å²) in [6.07, 6.45) is 0. The number of aromatic amines is 1. The molecule has 0 aliphatic rings. The van der Waals surface area contributed by atoms with E-state index in [2.05, 4.69) is 15.9 Å². The van der Waals surface area contributed by atoms with Gasteiger partial charge in [-0.1, -0.05) is 12.1 Å². The highest BCUT2D eigenvalue weighted by atomic mass is 16.6. The highest BCUT2D eigenvalue weighted by molar-refractivity contribution is 5.83. The van der Waals surface area contributed by atoms with Crippen molar-refractivity contribution in [3.63, 3.8) is 0 Å². The van der Waals surface area contributed by atoms with E-state index in [1.54, 1.807) is 0 Å². The molecule has 2 rings (SSSR count). The number of aryl methyl sites for hydroxylation is 1. The highest BCUT2D eigenvalue weighted by Crippen LogP contribution is 2.19. The van der Waals surface area contributed by atoms with Gasteiger partial charge in [-0.3, -0.25) is 4.84 Å². The van der Waals surface area contributed by atoms with Crippen LogP contribution >= 0.6 is 0 Å². The smallest absolute Gasteiger partial charge is 0.0936 e. The monoisotopic (exact) mass is 176 g/mol. The summed E-state index contributed by atoms with van der Waals surface area (Å²) >= 11 is 0. The molecule has 1 aromatic carbocycles. The number of H-pyrrole nitrogens is 1. The van der Waals surface area contributed by atoms with Gasteiger partial charge >= 0.3 is 0 Å². The van der Waals surface area contributed by atoms with Gasteiger partial charge in [0.1, 0.15) is 0 Å². The van der Waals surface area contributed by atoms with Gasteiger partial charge in [-0.15, -0.1) is 0 Å². The molecule has 68 valence electrons. The van der Waals surface area contributed by atoms with Crippen LogP contribution in [0, 0.1) is 6.92 Å². The van der Waals surface area contributed by atoms with Crippen molar-refractivity contribution in [2.24, 2.45) is 5.90 Å². The Morgan fingerprint density at radius 3 is 3.08 bits per heavy atom. The zero-order chi connectivity index (χ0) is 9.26. The molecule has 0 saturated heterocycles. The number of fused-ring (bicyclic) bond motifs is 1.